The molecule has 0 unspecified atom stereocenters. The third kappa shape index (κ3) is 1.87. The van der Waals surface area contributed by atoms with Gasteiger partial charge < -0.3 is 10.4 Å². The number of hydrogen-bond donors (Lipinski definition) is 2. The zero-order valence-electron chi connectivity index (χ0n) is 9.09. The van der Waals surface area contributed by atoms with Crippen molar-refractivity contribution in [3.8, 4) is 0 Å². The number of rotatable bonds is 3. The molecule has 0 spiro atoms. The molecule has 0 atom stereocenters. The average molecular weight is 223 g/mol. The van der Waals surface area contributed by atoms with Crippen LogP contribution < -0.4 is 5.32 Å². The highest BCUT2D eigenvalue weighted by Crippen LogP contribution is 2.36. The number of nitrogens with one attached hydrogen (secondary N) is 1. The number of aromatic carboxylic acids is 1. The van der Waals surface area contributed by atoms with Crippen molar-refractivity contribution >= 4 is 11.7 Å². The second-order valence-electron chi connectivity index (χ2n) is 4.51. The van der Waals surface area contributed by atoms with Crippen LogP contribution in [0.2, 0.25) is 0 Å². The van der Waals surface area contributed by atoms with Gasteiger partial charge in [0.1, 0.15) is 5.82 Å². The van der Waals surface area contributed by atoms with E-state index in [4.69, 9.17) is 5.11 Å². The summed E-state index contributed by atoms with van der Waals surface area (Å²) < 4.78 is 13.6. The molecule has 0 heterocycles. The number of anilines is 1. The summed E-state index contributed by atoms with van der Waals surface area (Å²) in [6.45, 7) is 1.98. The van der Waals surface area contributed by atoms with Gasteiger partial charge in [0.15, 0.2) is 0 Å². The van der Waals surface area contributed by atoms with Gasteiger partial charge in [0.2, 0.25) is 0 Å². The van der Waals surface area contributed by atoms with Crippen molar-refractivity contribution in [1.29, 1.82) is 0 Å². The van der Waals surface area contributed by atoms with E-state index in [-0.39, 0.29) is 16.8 Å². The SMILES string of the molecule is CC1(Nc2c(F)cccc2C(=O)O)CCC1. The predicted molar refractivity (Wildman–Crippen MR) is 59.2 cm³/mol. The molecule has 1 fully saturated rings. The second kappa shape index (κ2) is 3.77. The molecule has 0 bridgehead atoms. The lowest BCUT2D eigenvalue weighted by Gasteiger charge is -2.40. The first-order valence-electron chi connectivity index (χ1n) is 5.32. The zero-order valence-corrected chi connectivity index (χ0v) is 9.09. The number of carboxylic acid groups (broad SMARTS) is 1. The van der Waals surface area contributed by atoms with Crippen molar-refractivity contribution < 1.29 is 14.3 Å². The maximum Gasteiger partial charge on any atom is 0.337 e. The van der Waals surface area contributed by atoms with E-state index < -0.39 is 11.8 Å². The summed E-state index contributed by atoms with van der Waals surface area (Å²) in [6.07, 6.45) is 2.99. The number of carbonyl (C=O) groups is 1. The van der Waals surface area contributed by atoms with Crippen molar-refractivity contribution in [3.05, 3.63) is 29.6 Å². The van der Waals surface area contributed by atoms with E-state index in [1.807, 2.05) is 6.92 Å². The third-order valence-corrected chi connectivity index (χ3v) is 3.13. The Kier molecular flexibility index (Phi) is 2.58. The van der Waals surface area contributed by atoms with Gasteiger partial charge in [-0.25, -0.2) is 9.18 Å². The molecule has 0 radical (unpaired) electrons. The molecule has 0 saturated heterocycles. The topological polar surface area (TPSA) is 49.3 Å². The van der Waals surface area contributed by atoms with E-state index in [0.717, 1.165) is 19.3 Å². The van der Waals surface area contributed by atoms with E-state index in [2.05, 4.69) is 5.32 Å². The van der Waals surface area contributed by atoms with E-state index in [1.54, 1.807) is 0 Å². The lowest BCUT2D eigenvalue weighted by Crippen LogP contribution is -2.42. The molecule has 1 aromatic carbocycles. The van der Waals surface area contributed by atoms with Crippen LogP contribution in [0.1, 0.15) is 36.5 Å². The summed E-state index contributed by atoms with van der Waals surface area (Å²) in [7, 11) is 0. The zero-order chi connectivity index (χ0) is 11.8. The van der Waals surface area contributed by atoms with Crippen molar-refractivity contribution in [2.24, 2.45) is 0 Å². The highest BCUT2D eigenvalue weighted by atomic mass is 19.1. The van der Waals surface area contributed by atoms with Crippen molar-refractivity contribution in [2.75, 3.05) is 5.32 Å². The van der Waals surface area contributed by atoms with Crippen LogP contribution in [-0.4, -0.2) is 16.6 Å². The van der Waals surface area contributed by atoms with Gasteiger partial charge in [-0.05, 0) is 38.3 Å². The van der Waals surface area contributed by atoms with Crippen LogP contribution in [-0.2, 0) is 0 Å². The Balaban J connectivity index is 2.34. The number of carboxylic acids is 1. The molecule has 1 aliphatic carbocycles. The minimum absolute atomic E-state index is 0.00637. The lowest BCUT2D eigenvalue weighted by molar-refractivity contribution is 0.0697. The van der Waals surface area contributed by atoms with Crippen LogP contribution in [0.15, 0.2) is 18.2 Å². The Morgan fingerprint density at radius 1 is 1.50 bits per heavy atom. The van der Waals surface area contributed by atoms with Gasteiger partial charge in [0.25, 0.3) is 0 Å². The fourth-order valence-corrected chi connectivity index (χ4v) is 1.96. The third-order valence-electron chi connectivity index (χ3n) is 3.13. The van der Waals surface area contributed by atoms with Crippen LogP contribution in [0.25, 0.3) is 0 Å². The summed E-state index contributed by atoms with van der Waals surface area (Å²) in [6, 6.07) is 4.10. The number of halogens is 1. The molecule has 3 nitrogen and oxygen atoms in total. The quantitative estimate of drug-likeness (QED) is 0.828. The van der Waals surface area contributed by atoms with Gasteiger partial charge in [-0.2, -0.15) is 0 Å². The first-order chi connectivity index (χ1) is 7.52. The van der Waals surface area contributed by atoms with Gasteiger partial charge in [0, 0.05) is 5.54 Å². The Morgan fingerprint density at radius 2 is 2.19 bits per heavy atom. The van der Waals surface area contributed by atoms with E-state index in [0.29, 0.717) is 0 Å². The van der Waals surface area contributed by atoms with Gasteiger partial charge in [0.05, 0.1) is 11.3 Å². The standard InChI is InChI=1S/C12H14FNO2/c1-12(6-3-7-12)14-10-8(11(15)16)4-2-5-9(10)13/h2,4-5,14H,3,6-7H2,1H3,(H,15,16). The molecule has 0 amide bonds. The smallest absolute Gasteiger partial charge is 0.337 e. The molecule has 2 N–H and O–H groups in total. The summed E-state index contributed by atoms with van der Waals surface area (Å²) >= 11 is 0. The van der Waals surface area contributed by atoms with Gasteiger partial charge in [-0.3, -0.25) is 0 Å². The Morgan fingerprint density at radius 3 is 2.69 bits per heavy atom. The van der Waals surface area contributed by atoms with Gasteiger partial charge >= 0.3 is 5.97 Å². The van der Waals surface area contributed by atoms with Crippen molar-refractivity contribution in [1.82, 2.24) is 0 Å². The molecule has 0 aliphatic heterocycles. The highest BCUT2D eigenvalue weighted by molar-refractivity contribution is 5.94. The first-order valence-corrected chi connectivity index (χ1v) is 5.32. The Hall–Kier alpha value is -1.58. The fraction of sp³-hybridized carbons (Fsp3) is 0.417. The van der Waals surface area contributed by atoms with Crippen molar-refractivity contribution in [3.63, 3.8) is 0 Å². The van der Waals surface area contributed by atoms with Crippen LogP contribution in [0.5, 0.6) is 0 Å². The van der Waals surface area contributed by atoms with E-state index in [9.17, 15) is 9.18 Å². The minimum atomic E-state index is -1.11. The minimum Gasteiger partial charge on any atom is -0.478 e. The molecular weight excluding hydrogens is 209 g/mol. The molecule has 16 heavy (non-hydrogen) atoms. The highest BCUT2D eigenvalue weighted by Gasteiger charge is 2.33. The number of benzene rings is 1. The average Bonchev–Trinajstić information content (AvgIpc) is 2.18. The Bertz CT molecular complexity index is 427. The van der Waals surface area contributed by atoms with Crippen LogP contribution in [0.3, 0.4) is 0 Å². The summed E-state index contributed by atoms with van der Waals surface area (Å²) in [5, 5.41) is 12.0. The van der Waals surface area contributed by atoms with Crippen molar-refractivity contribution in [2.45, 2.75) is 31.7 Å². The summed E-state index contributed by atoms with van der Waals surface area (Å²) in [4.78, 5) is 11.0. The molecule has 2 rings (SSSR count). The number of hydrogen-bond acceptors (Lipinski definition) is 2. The maximum atomic E-state index is 13.6. The maximum absolute atomic E-state index is 13.6. The molecule has 86 valence electrons. The van der Waals surface area contributed by atoms with Gasteiger partial charge in [-0.15, -0.1) is 0 Å². The fourth-order valence-electron chi connectivity index (χ4n) is 1.96. The molecule has 4 heteroatoms. The predicted octanol–water partition coefficient (Wildman–Crippen LogP) is 2.88. The van der Waals surface area contributed by atoms with E-state index >= 15 is 0 Å². The van der Waals surface area contributed by atoms with Crippen LogP contribution in [0.4, 0.5) is 10.1 Å². The largest absolute Gasteiger partial charge is 0.478 e. The second-order valence-corrected chi connectivity index (χ2v) is 4.51. The molecule has 1 aliphatic rings. The Labute approximate surface area is 93.3 Å². The van der Waals surface area contributed by atoms with Crippen LogP contribution in [0, 0.1) is 5.82 Å². The molecule has 1 aromatic rings. The normalized spacial score (nSPS) is 17.6. The summed E-state index contributed by atoms with van der Waals surface area (Å²) in [5.74, 6) is -1.61. The molecular formula is C12H14FNO2. The van der Waals surface area contributed by atoms with Gasteiger partial charge in [-0.1, -0.05) is 6.07 Å². The van der Waals surface area contributed by atoms with Crippen LogP contribution >= 0.6 is 0 Å². The lowest BCUT2D eigenvalue weighted by atomic mass is 9.78. The summed E-state index contributed by atoms with van der Waals surface area (Å²) in [5.41, 5.74) is -0.0582. The first kappa shape index (κ1) is 10.9. The monoisotopic (exact) mass is 223 g/mol. The van der Waals surface area contributed by atoms with E-state index in [1.165, 1.54) is 18.2 Å². The number of para-hydroxylation sites is 1. The molecule has 0 aromatic heterocycles. The molecule has 1 saturated carbocycles.